The average molecular weight is 256 g/mol. The molecule has 1 aliphatic carbocycles. The summed E-state index contributed by atoms with van der Waals surface area (Å²) < 4.78 is 5.21. The van der Waals surface area contributed by atoms with Crippen LogP contribution < -0.4 is 5.32 Å². The van der Waals surface area contributed by atoms with Crippen LogP contribution in [0.3, 0.4) is 0 Å². The number of ether oxygens (including phenoxy) is 1. The summed E-state index contributed by atoms with van der Waals surface area (Å²) in [4.78, 5) is 2.54. The van der Waals surface area contributed by atoms with Gasteiger partial charge in [0.25, 0.3) is 0 Å². The van der Waals surface area contributed by atoms with E-state index < -0.39 is 0 Å². The molecule has 0 spiro atoms. The van der Waals surface area contributed by atoms with Crippen LogP contribution in [0.4, 0.5) is 0 Å². The zero-order valence-corrected chi connectivity index (χ0v) is 12.8. The van der Waals surface area contributed by atoms with E-state index in [9.17, 15) is 0 Å². The topological polar surface area (TPSA) is 24.5 Å². The molecule has 0 atom stereocenters. The lowest BCUT2D eigenvalue weighted by Crippen LogP contribution is -2.48. The first-order chi connectivity index (χ1) is 8.63. The van der Waals surface area contributed by atoms with Gasteiger partial charge in [0.05, 0.1) is 6.61 Å². The van der Waals surface area contributed by atoms with Crippen molar-refractivity contribution < 1.29 is 4.74 Å². The first kappa shape index (κ1) is 15.9. The highest BCUT2D eigenvalue weighted by Crippen LogP contribution is 2.31. The summed E-state index contributed by atoms with van der Waals surface area (Å²) in [6, 6.07) is 0.609. The molecule has 3 nitrogen and oxygen atoms in total. The van der Waals surface area contributed by atoms with Crippen LogP contribution in [0, 0.1) is 0 Å². The van der Waals surface area contributed by atoms with Gasteiger partial charge < -0.3 is 10.1 Å². The van der Waals surface area contributed by atoms with Gasteiger partial charge in [0.15, 0.2) is 0 Å². The van der Waals surface area contributed by atoms with Crippen molar-refractivity contribution in [2.24, 2.45) is 0 Å². The summed E-state index contributed by atoms with van der Waals surface area (Å²) in [6.45, 7) is 7.63. The third-order valence-corrected chi connectivity index (χ3v) is 4.53. The SMILES string of the molecule is CNC1(CCN(CCOC)C(C)C)CCCCC1. The van der Waals surface area contributed by atoms with Crippen molar-refractivity contribution in [3.05, 3.63) is 0 Å². The summed E-state index contributed by atoms with van der Waals surface area (Å²) in [5.41, 5.74) is 0.401. The Bertz CT molecular complexity index is 213. The zero-order valence-electron chi connectivity index (χ0n) is 12.8. The molecule has 0 aromatic rings. The smallest absolute Gasteiger partial charge is 0.0589 e. The Hall–Kier alpha value is -0.120. The molecule has 1 N–H and O–H groups in total. The lowest BCUT2D eigenvalue weighted by molar-refractivity contribution is 0.113. The van der Waals surface area contributed by atoms with Crippen molar-refractivity contribution in [3.63, 3.8) is 0 Å². The molecule has 1 saturated carbocycles. The molecule has 0 aliphatic heterocycles. The van der Waals surface area contributed by atoms with Gasteiger partial charge in [-0.3, -0.25) is 4.90 Å². The minimum Gasteiger partial charge on any atom is -0.383 e. The molecule has 3 heteroatoms. The lowest BCUT2D eigenvalue weighted by atomic mass is 9.79. The van der Waals surface area contributed by atoms with Crippen LogP contribution >= 0.6 is 0 Å². The molecule has 0 amide bonds. The van der Waals surface area contributed by atoms with Gasteiger partial charge in [0.1, 0.15) is 0 Å². The van der Waals surface area contributed by atoms with E-state index in [0.29, 0.717) is 11.6 Å². The molecular weight excluding hydrogens is 224 g/mol. The highest BCUT2D eigenvalue weighted by atomic mass is 16.5. The summed E-state index contributed by atoms with van der Waals surface area (Å²) in [5, 5.41) is 3.61. The fraction of sp³-hybridized carbons (Fsp3) is 1.00. The molecule has 0 radical (unpaired) electrons. The second-order valence-corrected chi connectivity index (χ2v) is 5.96. The maximum absolute atomic E-state index is 5.21. The van der Waals surface area contributed by atoms with E-state index >= 15 is 0 Å². The predicted molar refractivity (Wildman–Crippen MR) is 78.1 cm³/mol. The van der Waals surface area contributed by atoms with Gasteiger partial charge in [-0.2, -0.15) is 0 Å². The van der Waals surface area contributed by atoms with Gasteiger partial charge >= 0.3 is 0 Å². The molecule has 0 aromatic carbocycles. The number of methoxy groups -OCH3 is 1. The predicted octanol–water partition coefficient (Wildman–Crippen LogP) is 2.66. The van der Waals surface area contributed by atoms with Crippen LogP contribution in [0.5, 0.6) is 0 Å². The summed E-state index contributed by atoms with van der Waals surface area (Å²) >= 11 is 0. The number of rotatable bonds is 8. The van der Waals surface area contributed by atoms with E-state index in [0.717, 1.165) is 13.2 Å². The third-order valence-electron chi connectivity index (χ3n) is 4.53. The molecule has 108 valence electrons. The lowest BCUT2D eigenvalue weighted by Gasteiger charge is -2.39. The standard InChI is InChI=1S/C15H32N2O/c1-14(2)17(12-13-18-4)11-10-15(16-3)8-6-5-7-9-15/h14,16H,5-13H2,1-4H3. The molecular formula is C15H32N2O. The van der Waals surface area contributed by atoms with Crippen LogP contribution in [0.1, 0.15) is 52.4 Å². The number of hydrogen-bond donors (Lipinski definition) is 1. The second-order valence-electron chi connectivity index (χ2n) is 5.96. The van der Waals surface area contributed by atoms with E-state index in [4.69, 9.17) is 4.74 Å². The monoisotopic (exact) mass is 256 g/mol. The van der Waals surface area contributed by atoms with E-state index in [-0.39, 0.29) is 0 Å². The van der Waals surface area contributed by atoms with E-state index in [1.54, 1.807) is 7.11 Å². The molecule has 1 rings (SSSR count). The van der Waals surface area contributed by atoms with E-state index in [1.165, 1.54) is 45.1 Å². The summed E-state index contributed by atoms with van der Waals surface area (Å²) in [7, 11) is 3.93. The first-order valence-electron chi connectivity index (χ1n) is 7.55. The van der Waals surface area contributed by atoms with Gasteiger partial charge in [-0.1, -0.05) is 19.3 Å². The van der Waals surface area contributed by atoms with Gasteiger partial charge in [-0.15, -0.1) is 0 Å². The minimum absolute atomic E-state index is 0.401. The molecule has 0 saturated heterocycles. The minimum atomic E-state index is 0.401. The van der Waals surface area contributed by atoms with Crippen molar-refractivity contribution in [2.45, 2.75) is 64.0 Å². The summed E-state index contributed by atoms with van der Waals surface area (Å²) in [6.07, 6.45) is 8.16. The Morgan fingerprint density at radius 2 is 1.83 bits per heavy atom. The maximum atomic E-state index is 5.21. The zero-order chi connectivity index (χ0) is 13.4. The largest absolute Gasteiger partial charge is 0.383 e. The fourth-order valence-electron chi connectivity index (χ4n) is 3.05. The Balaban J connectivity index is 2.43. The highest BCUT2D eigenvalue weighted by Gasteiger charge is 2.30. The average Bonchev–Trinajstić information content (AvgIpc) is 2.39. The molecule has 0 heterocycles. The Kier molecular flexibility index (Phi) is 7.20. The van der Waals surface area contributed by atoms with Crippen molar-refractivity contribution in [1.82, 2.24) is 10.2 Å². The number of nitrogens with zero attached hydrogens (tertiary/aromatic N) is 1. The first-order valence-corrected chi connectivity index (χ1v) is 7.55. The second kappa shape index (κ2) is 8.13. The van der Waals surface area contributed by atoms with Gasteiger partial charge in [0.2, 0.25) is 0 Å². The Morgan fingerprint density at radius 3 is 2.33 bits per heavy atom. The quantitative estimate of drug-likeness (QED) is 0.722. The Morgan fingerprint density at radius 1 is 1.17 bits per heavy atom. The van der Waals surface area contributed by atoms with Gasteiger partial charge in [-0.25, -0.2) is 0 Å². The van der Waals surface area contributed by atoms with E-state index in [1.807, 2.05) is 0 Å². The van der Waals surface area contributed by atoms with Crippen molar-refractivity contribution >= 4 is 0 Å². The third kappa shape index (κ3) is 4.87. The van der Waals surface area contributed by atoms with Crippen LogP contribution in [0.15, 0.2) is 0 Å². The molecule has 18 heavy (non-hydrogen) atoms. The normalized spacial score (nSPS) is 19.7. The van der Waals surface area contributed by atoms with Crippen molar-refractivity contribution in [2.75, 3.05) is 33.9 Å². The Labute approximate surface area is 113 Å². The molecule has 1 fully saturated rings. The van der Waals surface area contributed by atoms with Gasteiger partial charge in [0, 0.05) is 31.8 Å². The van der Waals surface area contributed by atoms with Gasteiger partial charge in [-0.05, 0) is 40.2 Å². The highest BCUT2D eigenvalue weighted by molar-refractivity contribution is 4.90. The van der Waals surface area contributed by atoms with Crippen LogP contribution in [-0.2, 0) is 4.74 Å². The molecule has 0 aromatic heterocycles. The molecule has 0 unspecified atom stereocenters. The van der Waals surface area contributed by atoms with E-state index in [2.05, 4.69) is 31.1 Å². The fourth-order valence-corrected chi connectivity index (χ4v) is 3.05. The van der Waals surface area contributed by atoms with Crippen molar-refractivity contribution in [3.8, 4) is 0 Å². The molecule has 1 aliphatic rings. The maximum Gasteiger partial charge on any atom is 0.0589 e. The van der Waals surface area contributed by atoms with Crippen LogP contribution in [-0.4, -0.2) is 50.3 Å². The van der Waals surface area contributed by atoms with Crippen LogP contribution in [0.25, 0.3) is 0 Å². The van der Waals surface area contributed by atoms with Crippen molar-refractivity contribution in [1.29, 1.82) is 0 Å². The molecule has 0 bridgehead atoms. The number of nitrogens with one attached hydrogen (secondary N) is 1. The van der Waals surface area contributed by atoms with Crippen LogP contribution in [0.2, 0.25) is 0 Å². The number of hydrogen-bond acceptors (Lipinski definition) is 3. The summed E-state index contributed by atoms with van der Waals surface area (Å²) in [5.74, 6) is 0.